The van der Waals surface area contributed by atoms with Crippen LogP contribution in [-0.2, 0) is 6.18 Å². The third-order valence-electron chi connectivity index (χ3n) is 5.30. The van der Waals surface area contributed by atoms with Crippen LogP contribution in [0, 0.1) is 13.8 Å². The van der Waals surface area contributed by atoms with Crippen LogP contribution >= 0.6 is 22.9 Å². The summed E-state index contributed by atoms with van der Waals surface area (Å²) in [6.45, 7) is 3.70. The predicted molar refractivity (Wildman–Crippen MR) is 133 cm³/mol. The van der Waals surface area contributed by atoms with Crippen LogP contribution in [0.4, 0.5) is 24.0 Å². The minimum atomic E-state index is -4.73. The molecule has 0 saturated heterocycles. The van der Waals surface area contributed by atoms with Gasteiger partial charge in [-0.1, -0.05) is 58.8 Å². The molecule has 3 aromatic carbocycles. The van der Waals surface area contributed by atoms with Crippen LogP contribution < -0.4 is 9.64 Å². The molecule has 0 unspecified atom stereocenters. The lowest BCUT2D eigenvalue weighted by atomic mass is 10.1. The SMILES string of the molecule is COc1cccc(C(=O)N(c2nc(C(F)(F)F)c(-c3ccc(Cl)cc3)s2)c2ccc(C)cc2C)c1. The molecule has 0 aliphatic heterocycles. The minimum absolute atomic E-state index is 0.0953. The Bertz CT molecular complexity index is 1380. The highest BCUT2D eigenvalue weighted by Gasteiger charge is 2.39. The van der Waals surface area contributed by atoms with Crippen LogP contribution in [-0.4, -0.2) is 18.0 Å². The summed E-state index contributed by atoms with van der Waals surface area (Å²) in [5, 5.41) is 0.305. The van der Waals surface area contributed by atoms with Gasteiger partial charge in [-0.15, -0.1) is 0 Å². The van der Waals surface area contributed by atoms with E-state index in [0.717, 1.165) is 22.5 Å². The minimum Gasteiger partial charge on any atom is -0.497 e. The number of hydrogen-bond donors (Lipinski definition) is 0. The number of benzene rings is 3. The van der Waals surface area contributed by atoms with Crippen molar-refractivity contribution in [2.75, 3.05) is 12.0 Å². The number of halogens is 4. The fraction of sp³-hybridized carbons (Fsp3) is 0.154. The number of carbonyl (C=O) groups excluding carboxylic acids is 1. The molecule has 0 radical (unpaired) electrons. The molecule has 4 nitrogen and oxygen atoms in total. The molecule has 9 heteroatoms. The van der Waals surface area contributed by atoms with E-state index < -0.39 is 17.8 Å². The summed E-state index contributed by atoms with van der Waals surface area (Å²) in [7, 11) is 1.47. The Morgan fingerprint density at radius 2 is 1.74 bits per heavy atom. The Hall–Kier alpha value is -3.36. The number of carbonyl (C=O) groups is 1. The van der Waals surface area contributed by atoms with Crippen LogP contribution in [0.2, 0.25) is 5.02 Å². The molecule has 1 aromatic heterocycles. The summed E-state index contributed by atoms with van der Waals surface area (Å²) < 4.78 is 47.4. The average molecular weight is 517 g/mol. The van der Waals surface area contributed by atoms with Crippen LogP contribution in [0.25, 0.3) is 10.4 Å². The van der Waals surface area contributed by atoms with Crippen molar-refractivity contribution < 1.29 is 22.7 Å². The van der Waals surface area contributed by atoms with Gasteiger partial charge >= 0.3 is 6.18 Å². The molecule has 0 aliphatic carbocycles. The van der Waals surface area contributed by atoms with Gasteiger partial charge < -0.3 is 4.74 Å². The Kier molecular flexibility index (Phi) is 6.87. The van der Waals surface area contributed by atoms with Gasteiger partial charge in [0.25, 0.3) is 5.91 Å². The summed E-state index contributed by atoms with van der Waals surface area (Å²) >= 11 is 6.72. The van der Waals surface area contributed by atoms with E-state index in [4.69, 9.17) is 16.3 Å². The van der Waals surface area contributed by atoms with E-state index in [2.05, 4.69) is 4.98 Å². The zero-order chi connectivity index (χ0) is 25.3. The molecule has 4 aromatic rings. The van der Waals surface area contributed by atoms with E-state index in [9.17, 15) is 18.0 Å². The Balaban J connectivity index is 1.93. The number of hydrogen-bond acceptors (Lipinski definition) is 4. The lowest BCUT2D eigenvalue weighted by molar-refractivity contribution is -0.140. The number of anilines is 2. The molecule has 35 heavy (non-hydrogen) atoms. The van der Waals surface area contributed by atoms with Gasteiger partial charge in [0, 0.05) is 10.6 Å². The maximum Gasteiger partial charge on any atom is 0.434 e. The lowest BCUT2D eigenvalue weighted by Crippen LogP contribution is -2.27. The van der Waals surface area contributed by atoms with Crippen molar-refractivity contribution in [1.29, 1.82) is 0 Å². The molecular weight excluding hydrogens is 497 g/mol. The Labute approximate surface area is 209 Å². The molecule has 4 rings (SSSR count). The van der Waals surface area contributed by atoms with Gasteiger partial charge in [-0.2, -0.15) is 13.2 Å². The molecule has 0 fully saturated rings. The van der Waals surface area contributed by atoms with Crippen molar-refractivity contribution in [2.45, 2.75) is 20.0 Å². The first-order chi connectivity index (χ1) is 16.6. The molecule has 0 aliphatic rings. The van der Waals surface area contributed by atoms with Crippen molar-refractivity contribution in [2.24, 2.45) is 0 Å². The van der Waals surface area contributed by atoms with E-state index in [1.165, 1.54) is 42.3 Å². The maximum atomic E-state index is 14.0. The van der Waals surface area contributed by atoms with E-state index in [1.54, 1.807) is 37.3 Å². The highest BCUT2D eigenvalue weighted by molar-refractivity contribution is 7.19. The molecule has 0 saturated carbocycles. The van der Waals surface area contributed by atoms with Crippen LogP contribution in [0.5, 0.6) is 5.75 Å². The first-order valence-corrected chi connectivity index (χ1v) is 11.7. The second kappa shape index (κ2) is 9.71. The van der Waals surface area contributed by atoms with Gasteiger partial charge in [-0.05, 0) is 61.4 Å². The topological polar surface area (TPSA) is 42.4 Å². The quantitative estimate of drug-likeness (QED) is 0.269. The number of amides is 1. The van der Waals surface area contributed by atoms with Gasteiger partial charge in [0.2, 0.25) is 0 Å². The molecule has 0 atom stereocenters. The van der Waals surface area contributed by atoms with E-state index in [0.29, 0.717) is 22.0 Å². The standard InChI is InChI=1S/C26H20ClF3N2O2S/c1-15-7-12-21(16(2)13-15)32(24(33)18-5-4-6-20(14-18)34-3)25-31-23(26(28,29)30)22(35-25)17-8-10-19(27)11-9-17/h4-14H,1-3H3. The number of methoxy groups -OCH3 is 1. The molecular formula is C26H20ClF3N2O2S. The highest BCUT2D eigenvalue weighted by Crippen LogP contribution is 2.45. The number of rotatable bonds is 5. The number of nitrogens with zero attached hydrogens (tertiary/aromatic N) is 2. The van der Waals surface area contributed by atoms with Crippen molar-refractivity contribution in [3.8, 4) is 16.2 Å². The molecule has 0 N–H and O–H groups in total. The summed E-state index contributed by atoms with van der Waals surface area (Å²) in [4.78, 5) is 18.8. The molecule has 0 spiro atoms. The van der Waals surface area contributed by atoms with Crippen LogP contribution in [0.15, 0.2) is 66.7 Å². The first-order valence-electron chi connectivity index (χ1n) is 10.5. The number of thiazole rings is 1. The number of aryl methyl sites for hydroxylation is 2. The fourth-order valence-corrected chi connectivity index (χ4v) is 4.86. The molecule has 1 amide bonds. The number of ether oxygens (including phenoxy) is 1. The zero-order valence-corrected chi connectivity index (χ0v) is 20.6. The normalized spacial score (nSPS) is 11.4. The second-order valence-electron chi connectivity index (χ2n) is 7.84. The summed E-state index contributed by atoms with van der Waals surface area (Å²) in [5.74, 6) is -0.0746. The van der Waals surface area contributed by atoms with Crippen molar-refractivity contribution in [3.05, 3.63) is 94.1 Å². The zero-order valence-electron chi connectivity index (χ0n) is 19.0. The monoisotopic (exact) mass is 516 g/mol. The molecule has 1 heterocycles. The van der Waals surface area contributed by atoms with Crippen molar-refractivity contribution >= 4 is 39.7 Å². The first kappa shape index (κ1) is 24.8. The average Bonchev–Trinajstić information content (AvgIpc) is 3.27. The van der Waals surface area contributed by atoms with Crippen molar-refractivity contribution in [1.82, 2.24) is 4.98 Å². The van der Waals surface area contributed by atoms with Crippen LogP contribution in [0.1, 0.15) is 27.2 Å². The predicted octanol–water partition coefficient (Wildman–Crippen LogP) is 8.09. The number of aromatic nitrogens is 1. The fourth-order valence-electron chi connectivity index (χ4n) is 3.63. The van der Waals surface area contributed by atoms with Gasteiger partial charge in [0.05, 0.1) is 17.7 Å². The third kappa shape index (κ3) is 5.18. The third-order valence-corrected chi connectivity index (χ3v) is 6.64. The van der Waals surface area contributed by atoms with Gasteiger partial charge in [-0.25, -0.2) is 4.98 Å². The Morgan fingerprint density at radius 1 is 1.03 bits per heavy atom. The lowest BCUT2D eigenvalue weighted by Gasteiger charge is -2.22. The van der Waals surface area contributed by atoms with Crippen molar-refractivity contribution in [3.63, 3.8) is 0 Å². The van der Waals surface area contributed by atoms with Crippen LogP contribution in [0.3, 0.4) is 0 Å². The van der Waals surface area contributed by atoms with Gasteiger partial charge in [0.15, 0.2) is 10.8 Å². The molecule has 0 bridgehead atoms. The van der Waals surface area contributed by atoms with E-state index in [-0.39, 0.29) is 15.6 Å². The number of alkyl halides is 3. The van der Waals surface area contributed by atoms with E-state index >= 15 is 0 Å². The van der Waals surface area contributed by atoms with Gasteiger partial charge in [0.1, 0.15) is 5.75 Å². The summed E-state index contributed by atoms with van der Waals surface area (Å²) in [5.41, 5.74) is 1.61. The molecule has 180 valence electrons. The highest BCUT2D eigenvalue weighted by atomic mass is 35.5. The van der Waals surface area contributed by atoms with E-state index in [1.807, 2.05) is 13.0 Å². The summed E-state index contributed by atoms with van der Waals surface area (Å²) in [6, 6.07) is 17.8. The second-order valence-corrected chi connectivity index (χ2v) is 9.26. The smallest absolute Gasteiger partial charge is 0.434 e. The Morgan fingerprint density at radius 3 is 2.37 bits per heavy atom. The largest absolute Gasteiger partial charge is 0.497 e. The maximum absolute atomic E-state index is 14.0. The van der Waals surface area contributed by atoms with Gasteiger partial charge in [-0.3, -0.25) is 9.69 Å². The summed E-state index contributed by atoms with van der Waals surface area (Å²) in [6.07, 6.45) is -4.73.